The molecule has 0 atom stereocenters. The second-order valence-corrected chi connectivity index (χ2v) is 6.40. The molecule has 126 valence electrons. The summed E-state index contributed by atoms with van der Waals surface area (Å²) in [6.45, 7) is 2.17. The Bertz CT molecular complexity index is 615. The number of aliphatic hydroxyl groups is 1. The minimum absolute atomic E-state index is 0.0294. The number of alkyl halides is 2. The number of halogens is 2. The van der Waals surface area contributed by atoms with Gasteiger partial charge in [0.05, 0.1) is 12.2 Å². The number of carbonyl (C=O) groups excluding carboxylic acids is 1. The minimum Gasteiger partial charge on any atom is -0.383 e. The Morgan fingerprint density at radius 1 is 1.43 bits per heavy atom. The van der Waals surface area contributed by atoms with Crippen molar-refractivity contribution in [1.82, 2.24) is 14.9 Å². The maximum atomic E-state index is 14.5. The van der Waals surface area contributed by atoms with Gasteiger partial charge in [0.1, 0.15) is 11.4 Å². The monoisotopic (exact) mass is 325 g/mol. The molecule has 0 saturated heterocycles. The number of hydrogen-bond donors (Lipinski definition) is 1. The van der Waals surface area contributed by atoms with Gasteiger partial charge in [-0.25, -0.2) is 9.97 Å². The molecule has 1 N–H and O–H groups in total. The largest absolute Gasteiger partial charge is 0.383 e. The summed E-state index contributed by atoms with van der Waals surface area (Å²) >= 11 is 0. The van der Waals surface area contributed by atoms with Crippen molar-refractivity contribution < 1.29 is 18.7 Å². The fourth-order valence-electron chi connectivity index (χ4n) is 3.36. The smallest absolute Gasteiger partial charge is 0.352 e. The summed E-state index contributed by atoms with van der Waals surface area (Å²) in [5, 5.41) is 10.2. The van der Waals surface area contributed by atoms with Crippen molar-refractivity contribution in [2.45, 2.75) is 63.5 Å². The lowest BCUT2D eigenvalue weighted by Crippen LogP contribution is -2.57. The predicted molar refractivity (Wildman–Crippen MR) is 78.9 cm³/mol. The highest BCUT2D eigenvalue weighted by atomic mass is 19.3. The quantitative estimate of drug-likeness (QED) is 0.921. The van der Waals surface area contributed by atoms with Crippen molar-refractivity contribution in [3.63, 3.8) is 0 Å². The highest BCUT2D eigenvalue weighted by Gasteiger charge is 2.60. The summed E-state index contributed by atoms with van der Waals surface area (Å²) in [5.41, 5.74) is -0.676. The van der Waals surface area contributed by atoms with Crippen LogP contribution in [0.4, 0.5) is 8.78 Å². The average molecular weight is 325 g/mol. The van der Waals surface area contributed by atoms with E-state index in [1.165, 1.54) is 0 Å². The molecule has 1 amide bonds. The lowest BCUT2D eigenvalue weighted by atomic mass is 9.92. The molecule has 1 aromatic rings. The molecule has 0 bridgehead atoms. The molecular weight excluding hydrogens is 304 g/mol. The van der Waals surface area contributed by atoms with Crippen molar-refractivity contribution in [2.24, 2.45) is 0 Å². The van der Waals surface area contributed by atoms with Gasteiger partial charge in [0.2, 0.25) is 0 Å². The molecule has 5 nitrogen and oxygen atoms in total. The van der Waals surface area contributed by atoms with Crippen LogP contribution in [-0.4, -0.2) is 43.9 Å². The second kappa shape index (κ2) is 5.78. The van der Waals surface area contributed by atoms with Crippen molar-refractivity contribution in [3.05, 3.63) is 23.3 Å². The summed E-state index contributed by atoms with van der Waals surface area (Å²) < 4.78 is 29.1. The molecule has 2 heterocycles. The van der Waals surface area contributed by atoms with Gasteiger partial charge in [0.15, 0.2) is 0 Å². The first kappa shape index (κ1) is 16.2. The first-order chi connectivity index (χ1) is 10.9. The fourth-order valence-corrected chi connectivity index (χ4v) is 3.36. The number of fused-ring (bicyclic) bond motifs is 1. The third-order valence-electron chi connectivity index (χ3n) is 4.88. The van der Waals surface area contributed by atoms with Gasteiger partial charge >= 0.3 is 5.92 Å². The maximum absolute atomic E-state index is 14.5. The van der Waals surface area contributed by atoms with Crippen LogP contribution in [0.3, 0.4) is 0 Å². The minimum atomic E-state index is -3.75. The van der Waals surface area contributed by atoms with Gasteiger partial charge in [0.25, 0.3) is 5.91 Å². The molecular formula is C16H21F2N3O2. The Hall–Kier alpha value is -1.63. The highest BCUT2D eigenvalue weighted by molar-refractivity contribution is 5.85. The van der Waals surface area contributed by atoms with E-state index in [4.69, 9.17) is 0 Å². The third-order valence-corrected chi connectivity index (χ3v) is 4.88. The Labute approximate surface area is 133 Å². The zero-order valence-corrected chi connectivity index (χ0v) is 13.2. The van der Waals surface area contributed by atoms with Crippen LogP contribution in [-0.2, 0) is 24.2 Å². The number of carbonyl (C=O) groups is 1. The Balaban J connectivity index is 1.81. The number of aryl methyl sites for hydroxylation is 1. The third kappa shape index (κ3) is 2.71. The normalized spacial score (nSPS) is 20.4. The predicted octanol–water partition coefficient (Wildman–Crippen LogP) is 1.86. The Morgan fingerprint density at radius 3 is 2.78 bits per heavy atom. The van der Waals surface area contributed by atoms with Gasteiger partial charge in [0, 0.05) is 19.2 Å². The molecule has 1 aromatic heterocycles. The van der Waals surface area contributed by atoms with E-state index in [2.05, 4.69) is 9.97 Å². The number of aromatic nitrogens is 2. The summed E-state index contributed by atoms with van der Waals surface area (Å²) in [6.07, 6.45) is 3.81. The van der Waals surface area contributed by atoms with Crippen LogP contribution in [0.25, 0.3) is 0 Å². The average Bonchev–Trinajstić information content (AvgIpc) is 3.01. The van der Waals surface area contributed by atoms with Crippen molar-refractivity contribution in [1.29, 1.82) is 0 Å². The van der Waals surface area contributed by atoms with E-state index in [0.29, 0.717) is 37.2 Å². The van der Waals surface area contributed by atoms with E-state index in [9.17, 15) is 18.7 Å². The van der Waals surface area contributed by atoms with Gasteiger partial charge in [-0.1, -0.05) is 19.8 Å². The van der Waals surface area contributed by atoms with Crippen molar-refractivity contribution in [2.75, 3.05) is 6.54 Å². The van der Waals surface area contributed by atoms with Crippen LogP contribution in [0.5, 0.6) is 0 Å². The van der Waals surface area contributed by atoms with Crippen molar-refractivity contribution in [3.8, 4) is 0 Å². The first-order valence-corrected chi connectivity index (χ1v) is 8.10. The van der Waals surface area contributed by atoms with Crippen LogP contribution >= 0.6 is 0 Å². The van der Waals surface area contributed by atoms with E-state index in [-0.39, 0.29) is 25.9 Å². The first-order valence-electron chi connectivity index (χ1n) is 8.10. The number of hydrogen-bond acceptors (Lipinski definition) is 4. The number of rotatable bonds is 3. The standard InChI is InChI=1S/C16H21F2N3O2/c1-2-13-19-9-11-5-8-21(10-12(11)20-13)14(22)16(17,18)15(23)6-3-4-7-15/h9,23H,2-8,10H2,1H3. The van der Waals surface area contributed by atoms with E-state index in [1.807, 2.05) is 6.92 Å². The summed E-state index contributed by atoms with van der Waals surface area (Å²) in [5.74, 6) is -4.40. The lowest BCUT2D eigenvalue weighted by molar-refractivity contribution is -0.201. The molecule has 3 rings (SSSR count). The van der Waals surface area contributed by atoms with Crippen LogP contribution in [0.1, 0.15) is 49.7 Å². The van der Waals surface area contributed by atoms with E-state index >= 15 is 0 Å². The van der Waals surface area contributed by atoms with E-state index in [0.717, 1.165) is 10.5 Å². The molecule has 1 saturated carbocycles. The maximum Gasteiger partial charge on any atom is 0.352 e. The zero-order chi connectivity index (χ0) is 16.7. The molecule has 1 fully saturated rings. The molecule has 2 aliphatic rings. The van der Waals surface area contributed by atoms with E-state index in [1.54, 1.807) is 6.20 Å². The summed E-state index contributed by atoms with van der Waals surface area (Å²) in [7, 11) is 0. The Morgan fingerprint density at radius 2 is 2.13 bits per heavy atom. The van der Waals surface area contributed by atoms with Crippen LogP contribution in [0, 0.1) is 0 Å². The van der Waals surface area contributed by atoms with E-state index < -0.39 is 17.4 Å². The zero-order valence-electron chi connectivity index (χ0n) is 13.2. The SMILES string of the molecule is CCc1ncc2c(n1)CN(C(=O)C(F)(F)C1(O)CCCC1)CC2. The molecule has 0 radical (unpaired) electrons. The van der Waals surface area contributed by atoms with Gasteiger partial charge in [-0.05, 0) is 24.8 Å². The van der Waals surface area contributed by atoms with Gasteiger partial charge < -0.3 is 10.0 Å². The van der Waals surface area contributed by atoms with Gasteiger partial charge in [-0.3, -0.25) is 4.79 Å². The second-order valence-electron chi connectivity index (χ2n) is 6.40. The molecule has 0 aromatic carbocycles. The Kier molecular flexibility index (Phi) is 4.08. The van der Waals surface area contributed by atoms with Crippen LogP contribution < -0.4 is 0 Å². The summed E-state index contributed by atoms with van der Waals surface area (Å²) in [4.78, 5) is 22.0. The molecule has 23 heavy (non-hydrogen) atoms. The molecule has 0 unspecified atom stereocenters. The van der Waals surface area contributed by atoms with Crippen LogP contribution in [0.15, 0.2) is 6.20 Å². The molecule has 1 aliphatic carbocycles. The molecule has 0 spiro atoms. The fraction of sp³-hybridized carbons (Fsp3) is 0.688. The van der Waals surface area contributed by atoms with Gasteiger partial charge in [-0.15, -0.1) is 0 Å². The topological polar surface area (TPSA) is 66.3 Å². The van der Waals surface area contributed by atoms with Crippen molar-refractivity contribution >= 4 is 5.91 Å². The van der Waals surface area contributed by atoms with Crippen LogP contribution in [0.2, 0.25) is 0 Å². The highest BCUT2D eigenvalue weighted by Crippen LogP contribution is 2.43. The van der Waals surface area contributed by atoms with Gasteiger partial charge in [-0.2, -0.15) is 8.78 Å². The lowest BCUT2D eigenvalue weighted by Gasteiger charge is -2.36. The number of amides is 1. The molecule has 7 heteroatoms. The summed E-state index contributed by atoms with van der Waals surface area (Å²) in [6, 6.07) is 0. The number of nitrogens with zero attached hydrogens (tertiary/aromatic N) is 3. The molecule has 1 aliphatic heterocycles.